The molecule has 0 amide bonds. The Morgan fingerprint density at radius 2 is 1.94 bits per heavy atom. The maximum absolute atomic E-state index is 5.69. The van der Waals surface area contributed by atoms with Gasteiger partial charge in [0, 0.05) is 10.4 Å². The molecule has 1 aromatic carbocycles. The largest absolute Gasteiger partial charge is 0.494 e. The van der Waals surface area contributed by atoms with Crippen molar-refractivity contribution >= 4 is 15.9 Å². The van der Waals surface area contributed by atoms with E-state index in [-0.39, 0.29) is 0 Å². The first-order valence-corrected chi connectivity index (χ1v) is 7.33. The van der Waals surface area contributed by atoms with Gasteiger partial charge in [0.15, 0.2) is 0 Å². The van der Waals surface area contributed by atoms with Gasteiger partial charge in [0.05, 0.1) is 6.61 Å². The molecule has 0 fully saturated rings. The van der Waals surface area contributed by atoms with E-state index >= 15 is 0 Å². The number of hydrogen-bond donors (Lipinski definition) is 0. The molecular weight excluding hydrogens is 276 g/mol. The third kappa shape index (κ3) is 4.71. The Balaban J connectivity index is 2.81. The van der Waals surface area contributed by atoms with E-state index in [0.717, 1.165) is 24.7 Å². The van der Waals surface area contributed by atoms with Gasteiger partial charge >= 0.3 is 0 Å². The summed E-state index contributed by atoms with van der Waals surface area (Å²) in [6.07, 6.45) is 2.39. The lowest BCUT2D eigenvalue weighted by Crippen LogP contribution is -2.00. The van der Waals surface area contributed by atoms with Crippen molar-refractivity contribution in [3.8, 4) is 5.75 Å². The highest BCUT2D eigenvalue weighted by Gasteiger charge is 2.14. The highest BCUT2D eigenvalue weighted by atomic mass is 79.9. The summed E-state index contributed by atoms with van der Waals surface area (Å²) in [5.41, 5.74) is 2.57. The van der Waals surface area contributed by atoms with Crippen LogP contribution in [0.1, 0.15) is 49.6 Å². The zero-order valence-corrected chi connectivity index (χ0v) is 12.9. The van der Waals surface area contributed by atoms with Gasteiger partial charge in [-0.3, -0.25) is 0 Å². The maximum atomic E-state index is 5.69. The van der Waals surface area contributed by atoms with Crippen molar-refractivity contribution < 1.29 is 4.74 Å². The fraction of sp³-hybridized carbons (Fsp3) is 0.600. The van der Waals surface area contributed by atoms with Gasteiger partial charge in [-0.15, -0.1) is 0 Å². The van der Waals surface area contributed by atoms with Gasteiger partial charge in [-0.05, 0) is 38.7 Å². The second-order valence-corrected chi connectivity index (χ2v) is 6.02. The quantitative estimate of drug-likeness (QED) is 0.650. The number of benzene rings is 1. The average molecular weight is 299 g/mol. The van der Waals surface area contributed by atoms with Crippen LogP contribution in [0.3, 0.4) is 0 Å². The second-order valence-electron chi connectivity index (χ2n) is 4.91. The van der Waals surface area contributed by atoms with Crippen molar-refractivity contribution in [3.63, 3.8) is 0 Å². The number of aryl methyl sites for hydroxylation is 1. The highest BCUT2D eigenvalue weighted by molar-refractivity contribution is 9.09. The standard InChI is InChI=1S/C15H23BrO/c1-5-17-15-9-7-12(4)10-13(15)14(16)8-6-11(2)3/h7,9-11,14H,5-6,8H2,1-4H3. The van der Waals surface area contributed by atoms with Crippen LogP contribution in [0.25, 0.3) is 0 Å². The third-order valence-corrected chi connectivity index (χ3v) is 3.75. The molecule has 0 heterocycles. The van der Waals surface area contributed by atoms with Crippen LogP contribution in [-0.4, -0.2) is 6.61 Å². The minimum atomic E-state index is 0.395. The molecule has 0 aliphatic rings. The fourth-order valence-corrected chi connectivity index (χ4v) is 2.46. The second kappa shape index (κ2) is 7.05. The fourth-order valence-electron chi connectivity index (χ4n) is 1.83. The monoisotopic (exact) mass is 298 g/mol. The molecule has 0 aliphatic heterocycles. The minimum absolute atomic E-state index is 0.395. The van der Waals surface area contributed by atoms with Crippen LogP contribution in [0.15, 0.2) is 18.2 Å². The molecule has 0 spiro atoms. The summed E-state index contributed by atoms with van der Waals surface area (Å²) in [6.45, 7) is 9.40. The average Bonchev–Trinajstić information content (AvgIpc) is 2.28. The summed E-state index contributed by atoms with van der Waals surface area (Å²) >= 11 is 3.79. The summed E-state index contributed by atoms with van der Waals surface area (Å²) in [5, 5.41) is 0. The smallest absolute Gasteiger partial charge is 0.123 e. The van der Waals surface area contributed by atoms with Crippen molar-refractivity contribution in [1.82, 2.24) is 0 Å². The van der Waals surface area contributed by atoms with E-state index in [4.69, 9.17) is 4.74 Å². The van der Waals surface area contributed by atoms with Crippen LogP contribution < -0.4 is 4.74 Å². The minimum Gasteiger partial charge on any atom is -0.494 e. The Labute approximate surface area is 114 Å². The maximum Gasteiger partial charge on any atom is 0.123 e. The van der Waals surface area contributed by atoms with Gasteiger partial charge < -0.3 is 4.74 Å². The Hall–Kier alpha value is -0.500. The summed E-state index contributed by atoms with van der Waals surface area (Å²) in [5.74, 6) is 1.76. The summed E-state index contributed by atoms with van der Waals surface area (Å²) in [4.78, 5) is 0.395. The zero-order chi connectivity index (χ0) is 12.8. The molecule has 1 aromatic rings. The predicted octanol–water partition coefficient (Wildman–Crippen LogP) is 5.27. The number of alkyl halides is 1. The van der Waals surface area contributed by atoms with Crippen LogP contribution in [0.2, 0.25) is 0 Å². The first-order valence-electron chi connectivity index (χ1n) is 6.42. The van der Waals surface area contributed by atoms with E-state index in [1.807, 2.05) is 6.92 Å². The third-order valence-electron chi connectivity index (χ3n) is 2.80. The van der Waals surface area contributed by atoms with Gasteiger partial charge in [0.1, 0.15) is 5.75 Å². The van der Waals surface area contributed by atoms with Gasteiger partial charge in [0.2, 0.25) is 0 Å². The number of ether oxygens (including phenoxy) is 1. The lowest BCUT2D eigenvalue weighted by atomic mass is 10.0. The molecular formula is C15H23BrO. The molecule has 1 atom stereocenters. The molecule has 2 heteroatoms. The van der Waals surface area contributed by atoms with Gasteiger partial charge in [0.25, 0.3) is 0 Å². The van der Waals surface area contributed by atoms with Crippen molar-refractivity contribution in [2.24, 2.45) is 5.92 Å². The highest BCUT2D eigenvalue weighted by Crippen LogP contribution is 2.36. The Bertz CT molecular complexity index is 347. The van der Waals surface area contributed by atoms with E-state index in [2.05, 4.69) is 54.9 Å². The number of hydrogen-bond acceptors (Lipinski definition) is 1. The molecule has 0 N–H and O–H groups in total. The molecule has 0 saturated heterocycles. The van der Waals surface area contributed by atoms with Gasteiger partial charge in [-0.2, -0.15) is 0 Å². The van der Waals surface area contributed by atoms with Gasteiger partial charge in [-0.1, -0.05) is 47.5 Å². The number of rotatable bonds is 6. The van der Waals surface area contributed by atoms with E-state index in [9.17, 15) is 0 Å². The molecule has 1 rings (SSSR count). The predicted molar refractivity (Wildman–Crippen MR) is 78.1 cm³/mol. The Morgan fingerprint density at radius 3 is 2.53 bits per heavy atom. The topological polar surface area (TPSA) is 9.23 Å². The SMILES string of the molecule is CCOc1ccc(C)cc1C(Br)CCC(C)C. The van der Waals surface area contributed by atoms with Crippen molar-refractivity contribution in [2.75, 3.05) is 6.61 Å². The molecule has 0 radical (unpaired) electrons. The lowest BCUT2D eigenvalue weighted by molar-refractivity contribution is 0.335. The van der Waals surface area contributed by atoms with Crippen LogP contribution in [0, 0.1) is 12.8 Å². The first-order chi connectivity index (χ1) is 8.04. The Kier molecular flexibility index (Phi) is 6.04. The van der Waals surface area contributed by atoms with Crippen molar-refractivity contribution in [3.05, 3.63) is 29.3 Å². The molecule has 0 aliphatic carbocycles. The number of halogens is 1. The molecule has 17 heavy (non-hydrogen) atoms. The molecule has 0 aromatic heterocycles. The summed E-state index contributed by atoms with van der Waals surface area (Å²) in [7, 11) is 0. The zero-order valence-electron chi connectivity index (χ0n) is 11.3. The molecule has 96 valence electrons. The molecule has 0 bridgehead atoms. The van der Waals surface area contributed by atoms with E-state index in [0.29, 0.717) is 4.83 Å². The summed E-state index contributed by atoms with van der Waals surface area (Å²) in [6, 6.07) is 6.42. The van der Waals surface area contributed by atoms with E-state index < -0.39 is 0 Å². The van der Waals surface area contributed by atoms with Crippen LogP contribution in [0.5, 0.6) is 5.75 Å². The normalized spacial score (nSPS) is 12.8. The van der Waals surface area contributed by atoms with Crippen molar-refractivity contribution in [2.45, 2.75) is 45.4 Å². The van der Waals surface area contributed by atoms with Gasteiger partial charge in [-0.25, -0.2) is 0 Å². The van der Waals surface area contributed by atoms with Crippen LogP contribution >= 0.6 is 15.9 Å². The summed E-state index contributed by atoms with van der Waals surface area (Å²) < 4.78 is 5.69. The Morgan fingerprint density at radius 1 is 1.24 bits per heavy atom. The van der Waals surface area contributed by atoms with Crippen LogP contribution in [-0.2, 0) is 0 Å². The van der Waals surface area contributed by atoms with E-state index in [1.54, 1.807) is 0 Å². The lowest BCUT2D eigenvalue weighted by Gasteiger charge is -2.17. The first kappa shape index (κ1) is 14.6. The van der Waals surface area contributed by atoms with Crippen molar-refractivity contribution in [1.29, 1.82) is 0 Å². The molecule has 0 saturated carbocycles. The van der Waals surface area contributed by atoms with E-state index in [1.165, 1.54) is 17.5 Å². The molecule has 1 nitrogen and oxygen atoms in total. The van der Waals surface area contributed by atoms with Crippen LogP contribution in [0.4, 0.5) is 0 Å². The molecule has 1 unspecified atom stereocenters.